The highest BCUT2D eigenvalue weighted by atomic mass is 32.2. The van der Waals surface area contributed by atoms with Crippen LogP contribution in [-0.2, 0) is 6.54 Å². The zero-order valence-corrected chi connectivity index (χ0v) is 19.1. The fourth-order valence-corrected chi connectivity index (χ4v) is 4.76. The van der Waals surface area contributed by atoms with Crippen molar-refractivity contribution in [2.24, 2.45) is 0 Å². The lowest BCUT2D eigenvalue weighted by molar-refractivity contribution is 0.415. The molecule has 1 N–H and O–H groups in total. The molecule has 0 amide bonds. The number of nitrogens with zero attached hydrogens (tertiary/aromatic N) is 1. The fourth-order valence-electron chi connectivity index (χ4n) is 3.89. The Morgan fingerprint density at radius 3 is 2.57 bits per heavy atom. The second kappa shape index (κ2) is 8.92. The van der Waals surface area contributed by atoms with Crippen LogP contribution >= 0.6 is 11.8 Å². The molecule has 0 aliphatic carbocycles. The van der Waals surface area contributed by atoms with Gasteiger partial charge >= 0.3 is 5.63 Å². The summed E-state index contributed by atoms with van der Waals surface area (Å²) < 4.78 is 40.2. The molecule has 3 aromatic carbocycles. The summed E-state index contributed by atoms with van der Waals surface area (Å²) in [5.74, 6) is -1.17. The van der Waals surface area contributed by atoms with Crippen LogP contribution in [0.4, 0.5) is 8.78 Å². The number of methoxy groups -OCH3 is 1. The number of halogens is 2. The Morgan fingerprint density at radius 1 is 1.03 bits per heavy atom. The highest BCUT2D eigenvalue weighted by Crippen LogP contribution is 2.37. The number of benzene rings is 3. The van der Waals surface area contributed by atoms with E-state index in [1.165, 1.54) is 35.9 Å². The first-order valence-electron chi connectivity index (χ1n) is 10.4. The molecule has 0 bridgehead atoms. The quantitative estimate of drug-likeness (QED) is 0.335. The number of aromatic hydroxyl groups is 1. The normalized spacial score (nSPS) is 11.3. The molecule has 2 heterocycles. The molecule has 0 fully saturated rings. The molecule has 9 heteroatoms. The van der Waals surface area contributed by atoms with Crippen molar-refractivity contribution < 1.29 is 23.0 Å². The molecule has 35 heavy (non-hydrogen) atoms. The molecule has 0 saturated heterocycles. The van der Waals surface area contributed by atoms with E-state index in [0.29, 0.717) is 21.5 Å². The third kappa shape index (κ3) is 4.04. The molecule has 0 unspecified atom stereocenters. The van der Waals surface area contributed by atoms with E-state index >= 15 is 0 Å². The maximum absolute atomic E-state index is 14.5. The average molecular weight is 493 g/mol. The molecule has 5 rings (SSSR count). The van der Waals surface area contributed by atoms with Crippen molar-refractivity contribution in [2.75, 3.05) is 7.11 Å². The van der Waals surface area contributed by atoms with Crippen molar-refractivity contribution in [1.29, 1.82) is 0 Å². The summed E-state index contributed by atoms with van der Waals surface area (Å²) in [6.07, 6.45) is 0. The van der Waals surface area contributed by atoms with E-state index in [-0.39, 0.29) is 28.0 Å². The van der Waals surface area contributed by atoms with E-state index in [1.54, 1.807) is 42.5 Å². The Labute approximate surface area is 201 Å². The lowest BCUT2D eigenvalue weighted by Crippen LogP contribution is -2.23. The SMILES string of the molecule is COc1ccc2c3oc(=O)c(Sc4cccc(F)c4)c(O)c3c(=O)n(Cc3ccccc3F)c2c1. The van der Waals surface area contributed by atoms with E-state index < -0.39 is 28.6 Å². The maximum Gasteiger partial charge on any atom is 0.354 e. The standard InChI is InChI=1S/C26H17F2NO5S/c1-33-16-9-10-18-20(12-16)29(13-14-5-2-3-8-19(14)28)25(31)21-22(30)24(26(32)34-23(18)21)35-17-7-4-6-15(27)11-17/h2-12,30H,13H2,1H3. The Hall–Kier alpha value is -4.11. The van der Waals surface area contributed by atoms with Gasteiger partial charge < -0.3 is 18.8 Å². The average Bonchev–Trinajstić information content (AvgIpc) is 2.84. The molecular weight excluding hydrogens is 476 g/mol. The predicted octanol–water partition coefficient (Wildman–Crippen LogP) is 5.30. The first kappa shape index (κ1) is 22.7. The number of fused-ring (bicyclic) bond motifs is 3. The van der Waals surface area contributed by atoms with E-state index in [2.05, 4.69) is 0 Å². The largest absolute Gasteiger partial charge is 0.505 e. The van der Waals surface area contributed by atoms with Crippen LogP contribution in [0.1, 0.15) is 5.56 Å². The van der Waals surface area contributed by atoms with Crippen molar-refractivity contribution in [3.05, 3.63) is 105 Å². The van der Waals surface area contributed by atoms with Crippen LogP contribution in [0.5, 0.6) is 11.5 Å². The van der Waals surface area contributed by atoms with Crippen LogP contribution in [0.15, 0.2) is 90.5 Å². The van der Waals surface area contributed by atoms with E-state index in [1.807, 2.05) is 0 Å². The summed E-state index contributed by atoms with van der Waals surface area (Å²) in [4.78, 5) is 26.6. The molecular formula is C26H17F2NO5S. The Bertz CT molecular complexity index is 1730. The van der Waals surface area contributed by atoms with E-state index in [9.17, 15) is 23.5 Å². The van der Waals surface area contributed by atoms with Crippen LogP contribution in [-0.4, -0.2) is 16.8 Å². The van der Waals surface area contributed by atoms with Gasteiger partial charge in [0.05, 0.1) is 19.2 Å². The van der Waals surface area contributed by atoms with Gasteiger partial charge in [-0.25, -0.2) is 13.6 Å². The molecule has 6 nitrogen and oxygen atoms in total. The molecule has 5 aromatic rings. The number of pyridine rings is 1. The summed E-state index contributed by atoms with van der Waals surface area (Å²) in [5, 5.41) is 11.2. The van der Waals surface area contributed by atoms with Gasteiger partial charge in [0.15, 0.2) is 11.3 Å². The van der Waals surface area contributed by atoms with Crippen molar-refractivity contribution >= 4 is 33.6 Å². The van der Waals surface area contributed by atoms with Gasteiger partial charge in [0, 0.05) is 21.9 Å². The van der Waals surface area contributed by atoms with Gasteiger partial charge in [0.1, 0.15) is 27.7 Å². The Morgan fingerprint density at radius 2 is 1.83 bits per heavy atom. The molecule has 0 radical (unpaired) electrons. The van der Waals surface area contributed by atoms with Crippen LogP contribution in [0.3, 0.4) is 0 Å². The molecule has 0 atom stereocenters. The van der Waals surface area contributed by atoms with Gasteiger partial charge in [0.25, 0.3) is 5.56 Å². The van der Waals surface area contributed by atoms with Gasteiger partial charge in [-0.15, -0.1) is 0 Å². The lowest BCUT2D eigenvalue weighted by atomic mass is 10.1. The minimum atomic E-state index is -0.882. The Kier molecular flexibility index (Phi) is 5.78. The second-order valence-corrected chi connectivity index (χ2v) is 8.78. The number of hydrogen-bond donors (Lipinski definition) is 1. The first-order valence-corrected chi connectivity index (χ1v) is 11.3. The first-order chi connectivity index (χ1) is 16.9. The van der Waals surface area contributed by atoms with Crippen LogP contribution < -0.4 is 15.9 Å². The van der Waals surface area contributed by atoms with Gasteiger partial charge in [-0.1, -0.05) is 36.0 Å². The minimum Gasteiger partial charge on any atom is -0.505 e. The molecule has 0 aliphatic heterocycles. The van der Waals surface area contributed by atoms with Crippen molar-refractivity contribution in [3.8, 4) is 11.5 Å². The summed E-state index contributed by atoms with van der Waals surface area (Å²) >= 11 is 0.778. The number of ether oxygens (including phenoxy) is 1. The zero-order valence-electron chi connectivity index (χ0n) is 18.2. The smallest absolute Gasteiger partial charge is 0.354 e. The van der Waals surface area contributed by atoms with Crippen molar-refractivity contribution in [2.45, 2.75) is 16.3 Å². The third-order valence-corrected chi connectivity index (χ3v) is 6.61. The molecule has 0 saturated carbocycles. The summed E-state index contributed by atoms with van der Waals surface area (Å²) in [6.45, 7) is -0.143. The monoisotopic (exact) mass is 493 g/mol. The Balaban J connectivity index is 1.82. The van der Waals surface area contributed by atoms with Crippen LogP contribution in [0.25, 0.3) is 21.9 Å². The van der Waals surface area contributed by atoms with Crippen LogP contribution in [0, 0.1) is 11.6 Å². The highest BCUT2D eigenvalue weighted by Gasteiger charge is 2.23. The number of rotatable bonds is 5. The summed E-state index contributed by atoms with van der Waals surface area (Å²) in [5.41, 5.74) is -1.09. The van der Waals surface area contributed by atoms with Gasteiger partial charge in [-0.3, -0.25) is 4.79 Å². The fraction of sp³-hybridized carbons (Fsp3) is 0.0769. The number of aromatic nitrogens is 1. The second-order valence-electron chi connectivity index (χ2n) is 7.70. The molecule has 2 aromatic heterocycles. The lowest BCUT2D eigenvalue weighted by Gasteiger charge is -2.15. The zero-order chi connectivity index (χ0) is 24.7. The topological polar surface area (TPSA) is 81.7 Å². The highest BCUT2D eigenvalue weighted by molar-refractivity contribution is 7.99. The molecule has 0 aliphatic rings. The molecule has 0 spiro atoms. The van der Waals surface area contributed by atoms with Crippen molar-refractivity contribution in [1.82, 2.24) is 4.57 Å². The minimum absolute atomic E-state index is 0.108. The summed E-state index contributed by atoms with van der Waals surface area (Å²) in [7, 11) is 1.46. The predicted molar refractivity (Wildman–Crippen MR) is 128 cm³/mol. The maximum atomic E-state index is 14.5. The van der Waals surface area contributed by atoms with E-state index in [0.717, 1.165) is 11.8 Å². The van der Waals surface area contributed by atoms with Gasteiger partial charge in [-0.05, 0) is 36.4 Å². The molecule has 176 valence electrons. The van der Waals surface area contributed by atoms with Crippen molar-refractivity contribution in [3.63, 3.8) is 0 Å². The number of hydrogen-bond acceptors (Lipinski definition) is 6. The van der Waals surface area contributed by atoms with Gasteiger partial charge in [-0.2, -0.15) is 0 Å². The third-order valence-electron chi connectivity index (χ3n) is 5.56. The van der Waals surface area contributed by atoms with Crippen LogP contribution in [0.2, 0.25) is 0 Å². The summed E-state index contributed by atoms with van der Waals surface area (Å²) in [6, 6.07) is 16.3. The van der Waals surface area contributed by atoms with E-state index in [4.69, 9.17) is 9.15 Å². The van der Waals surface area contributed by atoms with Gasteiger partial charge in [0.2, 0.25) is 0 Å².